The summed E-state index contributed by atoms with van der Waals surface area (Å²) in [5.74, 6) is -0.473. The summed E-state index contributed by atoms with van der Waals surface area (Å²) in [6.45, 7) is 3.80. The lowest BCUT2D eigenvalue weighted by Gasteiger charge is -2.02. The number of carbonyl (C=O) groups is 1. The molecule has 5 nitrogen and oxygen atoms in total. The number of hydrogen-bond acceptors (Lipinski definition) is 4. The van der Waals surface area contributed by atoms with E-state index in [1.165, 1.54) is 0 Å². The van der Waals surface area contributed by atoms with Gasteiger partial charge in [-0.15, -0.1) is 0 Å². The fourth-order valence-electron chi connectivity index (χ4n) is 0.584. The highest BCUT2D eigenvalue weighted by Gasteiger charge is 2.12. The third-order valence-corrected chi connectivity index (χ3v) is 1.06. The highest BCUT2D eigenvalue weighted by molar-refractivity contribution is 5.86. The Kier molecular flexibility index (Phi) is 4.46. The highest BCUT2D eigenvalue weighted by atomic mass is 16.5. The largest absolute Gasteiger partial charge is 0.481 e. The summed E-state index contributed by atoms with van der Waals surface area (Å²) in [4.78, 5) is 14.2. The minimum atomic E-state index is -1.14. The van der Waals surface area contributed by atoms with Crippen LogP contribution in [0.1, 0.15) is 13.8 Å². The predicted octanol–water partition coefficient (Wildman–Crippen LogP) is -0.181. The van der Waals surface area contributed by atoms with Crippen LogP contribution >= 0.6 is 0 Å². The average Bonchev–Trinajstić information content (AvgIpc) is 2.00. The Labute approximate surface area is 70.8 Å². The SMILES string of the molecule is CCOC(C)=NC(C#N)C(N)=O. The molecule has 0 aliphatic carbocycles. The van der Waals surface area contributed by atoms with Crippen molar-refractivity contribution < 1.29 is 9.53 Å². The van der Waals surface area contributed by atoms with Crippen LogP contribution in [0.2, 0.25) is 0 Å². The molecule has 1 atom stereocenters. The van der Waals surface area contributed by atoms with E-state index in [9.17, 15) is 4.79 Å². The number of amides is 1. The van der Waals surface area contributed by atoms with Crippen LogP contribution in [0.4, 0.5) is 0 Å². The summed E-state index contributed by atoms with van der Waals surface area (Å²) in [6, 6.07) is 0.507. The van der Waals surface area contributed by atoms with E-state index in [-0.39, 0.29) is 0 Å². The lowest BCUT2D eigenvalue weighted by Crippen LogP contribution is -2.26. The van der Waals surface area contributed by atoms with E-state index in [0.717, 1.165) is 0 Å². The number of ether oxygens (including phenoxy) is 1. The summed E-state index contributed by atoms with van der Waals surface area (Å²) >= 11 is 0. The maximum atomic E-state index is 10.5. The fraction of sp³-hybridized carbons (Fsp3) is 0.571. The Hall–Kier alpha value is -1.57. The molecule has 0 saturated heterocycles. The molecule has 0 bridgehead atoms. The van der Waals surface area contributed by atoms with Gasteiger partial charge in [0.2, 0.25) is 6.04 Å². The van der Waals surface area contributed by atoms with E-state index in [1.54, 1.807) is 19.9 Å². The van der Waals surface area contributed by atoms with Crippen LogP contribution in [0.3, 0.4) is 0 Å². The highest BCUT2D eigenvalue weighted by Crippen LogP contribution is 1.90. The van der Waals surface area contributed by atoms with Gasteiger partial charge in [-0.25, -0.2) is 4.99 Å². The zero-order valence-electron chi connectivity index (χ0n) is 7.07. The zero-order chi connectivity index (χ0) is 9.56. The van der Waals surface area contributed by atoms with Gasteiger partial charge in [0, 0.05) is 6.92 Å². The number of nitrogens with two attached hydrogens (primary N) is 1. The summed E-state index contributed by atoms with van der Waals surface area (Å²) in [5, 5.41) is 8.40. The van der Waals surface area contributed by atoms with Crippen LogP contribution in [0.15, 0.2) is 4.99 Å². The Morgan fingerprint density at radius 1 is 1.83 bits per heavy atom. The number of nitrogens with zero attached hydrogens (tertiary/aromatic N) is 2. The molecule has 0 rings (SSSR count). The summed E-state index contributed by atoms with van der Waals surface area (Å²) < 4.78 is 4.92. The molecular formula is C7H11N3O2. The first kappa shape index (κ1) is 10.4. The van der Waals surface area contributed by atoms with Crippen molar-refractivity contribution >= 4 is 11.8 Å². The first-order valence-electron chi connectivity index (χ1n) is 3.48. The average molecular weight is 169 g/mol. The molecule has 66 valence electrons. The van der Waals surface area contributed by atoms with E-state index in [0.29, 0.717) is 12.5 Å². The van der Waals surface area contributed by atoms with Crippen molar-refractivity contribution in [2.45, 2.75) is 19.9 Å². The maximum absolute atomic E-state index is 10.5. The molecule has 0 aliphatic rings. The Morgan fingerprint density at radius 3 is 2.75 bits per heavy atom. The topological polar surface area (TPSA) is 88.5 Å². The van der Waals surface area contributed by atoms with Gasteiger partial charge in [0.05, 0.1) is 12.7 Å². The van der Waals surface area contributed by atoms with Crippen LogP contribution in [0.5, 0.6) is 0 Å². The fourth-order valence-corrected chi connectivity index (χ4v) is 0.584. The quantitative estimate of drug-likeness (QED) is 0.469. The number of aliphatic imine (C=N–C) groups is 1. The van der Waals surface area contributed by atoms with Crippen molar-refractivity contribution in [2.24, 2.45) is 10.7 Å². The molecule has 2 N–H and O–H groups in total. The molecule has 0 aromatic heterocycles. The van der Waals surface area contributed by atoms with Crippen LogP contribution in [0.25, 0.3) is 0 Å². The molecule has 1 amide bonds. The Morgan fingerprint density at radius 2 is 2.42 bits per heavy atom. The van der Waals surface area contributed by atoms with Crippen molar-refractivity contribution in [1.82, 2.24) is 0 Å². The molecule has 0 spiro atoms. The van der Waals surface area contributed by atoms with Crippen LogP contribution < -0.4 is 5.73 Å². The molecular weight excluding hydrogens is 158 g/mol. The minimum absolute atomic E-state index is 0.294. The summed E-state index contributed by atoms with van der Waals surface area (Å²) in [6.07, 6.45) is 0. The maximum Gasteiger partial charge on any atom is 0.257 e. The second-order valence-electron chi connectivity index (χ2n) is 2.02. The molecule has 5 heteroatoms. The smallest absolute Gasteiger partial charge is 0.257 e. The van der Waals surface area contributed by atoms with Gasteiger partial charge in [-0.05, 0) is 6.92 Å². The molecule has 0 aromatic carbocycles. The van der Waals surface area contributed by atoms with Gasteiger partial charge in [0.1, 0.15) is 0 Å². The number of carbonyl (C=O) groups excluding carboxylic acids is 1. The second kappa shape index (κ2) is 5.13. The van der Waals surface area contributed by atoms with Gasteiger partial charge in [0.25, 0.3) is 5.91 Å². The van der Waals surface area contributed by atoms with E-state index >= 15 is 0 Å². The van der Waals surface area contributed by atoms with Crippen molar-refractivity contribution in [2.75, 3.05) is 6.61 Å². The van der Waals surface area contributed by atoms with E-state index in [4.69, 9.17) is 15.7 Å². The molecule has 0 heterocycles. The Balaban J connectivity index is 4.28. The normalized spacial score (nSPS) is 13.2. The van der Waals surface area contributed by atoms with Crippen molar-refractivity contribution in [3.05, 3.63) is 0 Å². The standard InChI is InChI=1S/C7H11N3O2/c1-3-12-5(2)10-6(4-8)7(9)11/h6H,3H2,1-2H3,(H2,9,11). The number of rotatable bonds is 3. The molecule has 0 aromatic rings. The third-order valence-electron chi connectivity index (χ3n) is 1.06. The van der Waals surface area contributed by atoms with Crippen LogP contribution in [-0.2, 0) is 9.53 Å². The van der Waals surface area contributed by atoms with Crippen LogP contribution in [0, 0.1) is 11.3 Å². The van der Waals surface area contributed by atoms with Gasteiger partial charge in [-0.3, -0.25) is 4.79 Å². The van der Waals surface area contributed by atoms with Crippen molar-refractivity contribution in [3.63, 3.8) is 0 Å². The molecule has 0 aliphatic heterocycles. The van der Waals surface area contributed by atoms with Gasteiger partial charge in [-0.1, -0.05) is 0 Å². The van der Waals surface area contributed by atoms with Crippen molar-refractivity contribution in [1.29, 1.82) is 5.26 Å². The molecule has 12 heavy (non-hydrogen) atoms. The summed E-state index contributed by atoms with van der Waals surface area (Å²) in [5.41, 5.74) is 4.87. The first-order chi connectivity index (χ1) is 5.61. The van der Waals surface area contributed by atoms with E-state index in [1.807, 2.05) is 0 Å². The molecule has 0 fully saturated rings. The van der Waals surface area contributed by atoms with Crippen molar-refractivity contribution in [3.8, 4) is 6.07 Å². The van der Waals surface area contributed by atoms with Gasteiger partial charge < -0.3 is 10.5 Å². The molecule has 1 unspecified atom stereocenters. The number of primary amides is 1. The van der Waals surface area contributed by atoms with E-state index in [2.05, 4.69) is 4.99 Å². The summed E-state index contributed by atoms with van der Waals surface area (Å²) in [7, 11) is 0. The first-order valence-corrected chi connectivity index (χ1v) is 3.48. The van der Waals surface area contributed by atoms with Crippen LogP contribution in [-0.4, -0.2) is 24.5 Å². The van der Waals surface area contributed by atoms with Gasteiger partial charge >= 0.3 is 0 Å². The Bertz CT molecular complexity index is 229. The molecule has 0 radical (unpaired) electrons. The van der Waals surface area contributed by atoms with Gasteiger partial charge in [-0.2, -0.15) is 5.26 Å². The lowest BCUT2D eigenvalue weighted by molar-refractivity contribution is -0.118. The monoisotopic (exact) mass is 169 g/mol. The van der Waals surface area contributed by atoms with Gasteiger partial charge in [0.15, 0.2) is 5.90 Å². The predicted molar refractivity (Wildman–Crippen MR) is 43.3 cm³/mol. The zero-order valence-corrected chi connectivity index (χ0v) is 7.07. The third kappa shape index (κ3) is 3.56. The second-order valence-corrected chi connectivity index (χ2v) is 2.02. The molecule has 0 saturated carbocycles. The minimum Gasteiger partial charge on any atom is -0.481 e. The number of nitriles is 1. The number of hydrogen-bond donors (Lipinski definition) is 1. The van der Waals surface area contributed by atoms with E-state index < -0.39 is 11.9 Å². The lowest BCUT2D eigenvalue weighted by atomic mass is 10.3.